The maximum atomic E-state index is 4.13. The Morgan fingerprint density at radius 3 is 2.25 bits per heavy atom. The van der Waals surface area contributed by atoms with Gasteiger partial charge < -0.3 is 4.90 Å². The van der Waals surface area contributed by atoms with Gasteiger partial charge in [0.2, 0.25) is 0 Å². The molecule has 0 spiro atoms. The number of hydrogen-bond donors (Lipinski definition) is 0. The van der Waals surface area contributed by atoms with Gasteiger partial charge in [0.05, 0.1) is 8.07 Å². The molecule has 0 N–H and O–H groups in total. The van der Waals surface area contributed by atoms with E-state index >= 15 is 0 Å². The molecule has 0 aromatic carbocycles. The number of allylic oxidation sites excluding steroid dienone is 1. The van der Waals surface area contributed by atoms with Crippen LogP contribution in [-0.4, -0.2) is 32.6 Å². The van der Waals surface area contributed by atoms with Crippen LogP contribution in [0, 0.1) is 0 Å². The Kier molecular flexibility index (Phi) is 5.77. The molecule has 0 amide bonds. The van der Waals surface area contributed by atoms with Crippen LogP contribution >= 0.6 is 0 Å². The average molecular weight is 239 g/mol. The van der Waals surface area contributed by atoms with Crippen molar-refractivity contribution in [1.82, 2.24) is 4.90 Å². The van der Waals surface area contributed by atoms with E-state index in [0.717, 1.165) is 0 Å². The van der Waals surface area contributed by atoms with Crippen LogP contribution in [0.4, 0.5) is 0 Å². The van der Waals surface area contributed by atoms with E-state index in [9.17, 15) is 0 Å². The minimum atomic E-state index is -0.988. The van der Waals surface area contributed by atoms with E-state index in [0.29, 0.717) is 0 Å². The summed E-state index contributed by atoms with van der Waals surface area (Å²) >= 11 is 0. The maximum absolute atomic E-state index is 4.13. The molecule has 1 fully saturated rings. The summed E-state index contributed by atoms with van der Waals surface area (Å²) in [7, 11) is -0.988. The lowest BCUT2D eigenvalue weighted by molar-refractivity contribution is 0.182. The number of rotatable bonds is 8. The Morgan fingerprint density at radius 2 is 1.88 bits per heavy atom. The predicted octanol–water partition coefficient (Wildman–Crippen LogP) is 4.15. The summed E-state index contributed by atoms with van der Waals surface area (Å²) in [6, 6.07) is 5.76. The molecule has 1 nitrogen and oxygen atoms in total. The van der Waals surface area contributed by atoms with Gasteiger partial charge in [0.15, 0.2) is 0 Å². The summed E-state index contributed by atoms with van der Waals surface area (Å²) in [6.07, 6.45) is 2.86. The quantitative estimate of drug-likeness (QED) is 0.454. The number of nitrogens with zero attached hydrogens (tertiary/aromatic N) is 1. The van der Waals surface area contributed by atoms with Crippen molar-refractivity contribution in [3.63, 3.8) is 0 Å². The third-order valence-corrected chi connectivity index (χ3v) is 10.1. The molecular weight excluding hydrogens is 210 g/mol. The molecule has 0 saturated carbocycles. The molecule has 1 aliphatic rings. The number of hydrogen-bond acceptors (Lipinski definition) is 1. The molecule has 1 saturated heterocycles. The molecule has 0 unspecified atom stereocenters. The third kappa shape index (κ3) is 4.06. The lowest BCUT2D eigenvalue weighted by atomic mass is 10.2. The fraction of sp³-hybridized carbons (Fsp3) is 0.857. The predicted molar refractivity (Wildman–Crippen MR) is 76.8 cm³/mol. The molecule has 16 heavy (non-hydrogen) atoms. The van der Waals surface area contributed by atoms with Crippen molar-refractivity contribution in [2.75, 3.05) is 19.6 Å². The lowest BCUT2D eigenvalue weighted by Crippen LogP contribution is -2.39. The fourth-order valence-corrected chi connectivity index (χ4v) is 6.94. The Hall–Kier alpha value is -0.0831. The highest BCUT2D eigenvalue weighted by Gasteiger charge is 2.28. The van der Waals surface area contributed by atoms with Crippen molar-refractivity contribution >= 4 is 8.07 Å². The van der Waals surface area contributed by atoms with Gasteiger partial charge in [0.25, 0.3) is 0 Å². The highest BCUT2D eigenvalue weighted by atomic mass is 28.3. The Balaban J connectivity index is 2.32. The normalized spacial score (nSPS) is 17.2. The molecular formula is C14H29NSi. The molecule has 0 aliphatic carbocycles. The van der Waals surface area contributed by atoms with Gasteiger partial charge in [-0.05, 0) is 45.4 Å². The lowest BCUT2D eigenvalue weighted by Gasteiger charge is -2.34. The van der Waals surface area contributed by atoms with Gasteiger partial charge in [-0.25, -0.2) is 0 Å². The summed E-state index contributed by atoms with van der Waals surface area (Å²) in [5.41, 5.74) is 1.42. The van der Waals surface area contributed by atoms with Crippen LogP contribution in [0.3, 0.4) is 0 Å². The van der Waals surface area contributed by atoms with Gasteiger partial charge in [0.1, 0.15) is 0 Å². The monoisotopic (exact) mass is 239 g/mol. The molecule has 2 heteroatoms. The van der Waals surface area contributed by atoms with Gasteiger partial charge in [-0.3, -0.25) is 0 Å². The molecule has 0 aromatic heterocycles. The SMILES string of the molecule is C=C(C)C[Si](CC)(CC)CCCN1CCC1. The molecule has 0 bridgehead atoms. The molecule has 1 rings (SSSR count). The second-order valence-electron chi connectivity index (χ2n) is 5.64. The largest absolute Gasteiger partial charge is 0.303 e. The third-order valence-electron chi connectivity index (χ3n) is 4.31. The summed E-state index contributed by atoms with van der Waals surface area (Å²) in [5, 5.41) is 0. The van der Waals surface area contributed by atoms with E-state index in [2.05, 4.69) is 32.3 Å². The van der Waals surface area contributed by atoms with Crippen molar-refractivity contribution < 1.29 is 0 Å². The number of likely N-dealkylation sites (tertiary alicyclic amines) is 1. The standard InChI is InChI=1S/C14H29NSi/c1-5-16(6-2,13-14(3)4)12-8-11-15-9-7-10-15/h3,5-13H2,1-2,4H3. The highest BCUT2D eigenvalue weighted by Crippen LogP contribution is 2.30. The van der Waals surface area contributed by atoms with E-state index in [4.69, 9.17) is 0 Å². The van der Waals surface area contributed by atoms with Crippen LogP contribution in [-0.2, 0) is 0 Å². The van der Waals surface area contributed by atoms with Gasteiger partial charge in [-0.2, -0.15) is 0 Å². The zero-order chi connectivity index (χ0) is 12.0. The van der Waals surface area contributed by atoms with E-state index in [1.54, 1.807) is 0 Å². The Morgan fingerprint density at radius 1 is 1.25 bits per heavy atom. The molecule has 1 heterocycles. The summed E-state index contributed by atoms with van der Waals surface area (Å²) in [5.74, 6) is 0. The highest BCUT2D eigenvalue weighted by molar-refractivity contribution is 6.80. The minimum absolute atomic E-state index is 0.988. The van der Waals surface area contributed by atoms with Crippen molar-refractivity contribution in [1.29, 1.82) is 0 Å². The first-order valence-corrected chi connectivity index (χ1v) is 9.81. The zero-order valence-corrected chi connectivity index (χ0v) is 12.5. The smallest absolute Gasteiger partial charge is 0.0570 e. The van der Waals surface area contributed by atoms with Gasteiger partial charge in [-0.15, -0.1) is 6.58 Å². The molecule has 0 radical (unpaired) electrons. The maximum Gasteiger partial charge on any atom is 0.0570 e. The van der Waals surface area contributed by atoms with Crippen LogP contribution in [0.15, 0.2) is 12.2 Å². The second-order valence-corrected chi connectivity index (χ2v) is 10.9. The Bertz CT molecular complexity index is 217. The van der Waals surface area contributed by atoms with Gasteiger partial charge >= 0.3 is 0 Å². The van der Waals surface area contributed by atoms with Crippen LogP contribution < -0.4 is 0 Å². The van der Waals surface area contributed by atoms with E-state index in [1.165, 1.54) is 62.2 Å². The van der Waals surface area contributed by atoms with Crippen molar-refractivity contribution in [3.05, 3.63) is 12.2 Å². The van der Waals surface area contributed by atoms with Crippen molar-refractivity contribution in [2.24, 2.45) is 0 Å². The van der Waals surface area contributed by atoms with Gasteiger partial charge in [-0.1, -0.05) is 37.6 Å². The van der Waals surface area contributed by atoms with E-state index in [1.807, 2.05) is 0 Å². The van der Waals surface area contributed by atoms with Crippen molar-refractivity contribution in [2.45, 2.75) is 57.8 Å². The molecule has 0 aromatic rings. The first-order valence-electron chi connectivity index (χ1n) is 6.98. The first-order chi connectivity index (χ1) is 7.62. The summed E-state index contributed by atoms with van der Waals surface area (Å²) < 4.78 is 0. The topological polar surface area (TPSA) is 3.24 Å². The molecule has 1 aliphatic heterocycles. The van der Waals surface area contributed by atoms with Crippen molar-refractivity contribution in [3.8, 4) is 0 Å². The molecule has 94 valence electrons. The zero-order valence-electron chi connectivity index (χ0n) is 11.5. The van der Waals surface area contributed by atoms with Crippen LogP contribution in [0.1, 0.15) is 33.6 Å². The van der Waals surface area contributed by atoms with E-state index in [-0.39, 0.29) is 0 Å². The Labute approximate surface area is 103 Å². The van der Waals surface area contributed by atoms with Crippen LogP contribution in [0.5, 0.6) is 0 Å². The minimum Gasteiger partial charge on any atom is -0.303 e. The van der Waals surface area contributed by atoms with Crippen LogP contribution in [0.2, 0.25) is 24.2 Å². The van der Waals surface area contributed by atoms with Gasteiger partial charge in [0, 0.05) is 0 Å². The average Bonchev–Trinajstić information content (AvgIpc) is 2.19. The first kappa shape index (κ1) is 14.0. The molecule has 0 atom stereocenters. The fourth-order valence-electron chi connectivity index (χ4n) is 2.87. The second kappa shape index (κ2) is 6.60. The van der Waals surface area contributed by atoms with E-state index < -0.39 is 8.07 Å². The van der Waals surface area contributed by atoms with Crippen LogP contribution in [0.25, 0.3) is 0 Å². The summed E-state index contributed by atoms with van der Waals surface area (Å²) in [4.78, 5) is 2.60. The summed E-state index contributed by atoms with van der Waals surface area (Å²) in [6.45, 7) is 15.2.